The number of hydrogen-bond donors (Lipinski definition) is 1. The molecule has 1 heterocycles. The number of rotatable bonds is 3. The molecule has 1 saturated heterocycles. The number of thioether (sulfide) groups is 1. The molecule has 0 radical (unpaired) electrons. The highest BCUT2D eigenvalue weighted by molar-refractivity contribution is 8.00. The SMILES string of the molecule is NCSC1CC(=O)N(c2ccc(F)cc2)C1=O. The van der Waals surface area contributed by atoms with Gasteiger partial charge in [0.05, 0.1) is 10.9 Å². The van der Waals surface area contributed by atoms with E-state index in [0.717, 1.165) is 4.90 Å². The average Bonchev–Trinajstić information content (AvgIpc) is 2.57. The summed E-state index contributed by atoms with van der Waals surface area (Å²) in [4.78, 5) is 24.7. The van der Waals surface area contributed by atoms with Gasteiger partial charge in [0.1, 0.15) is 5.82 Å². The lowest BCUT2D eigenvalue weighted by Gasteiger charge is -2.14. The van der Waals surface area contributed by atoms with Crippen LogP contribution in [0.3, 0.4) is 0 Å². The smallest absolute Gasteiger partial charge is 0.247 e. The molecule has 0 aromatic heterocycles. The number of imide groups is 1. The number of carbonyl (C=O) groups excluding carboxylic acids is 2. The van der Waals surface area contributed by atoms with Gasteiger partial charge in [0.2, 0.25) is 11.8 Å². The molecule has 2 N–H and O–H groups in total. The molecule has 1 aromatic carbocycles. The van der Waals surface area contributed by atoms with Gasteiger partial charge in [0.25, 0.3) is 0 Å². The zero-order valence-corrected chi connectivity index (χ0v) is 9.74. The quantitative estimate of drug-likeness (QED) is 0.648. The van der Waals surface area contributed by atoms with E-state index in [4.69, 9.17) is 5.73 Å². The van der Waals surface area contributed by atoms with E-state index in [1.54, 1.807) is 0 Å². The molecule has 4 nitrogen and oxygen atoms in total. The van der Waals surface area contributed by atoms with E-state index in [1.165, 1.54) is 36.0 Å². The highest BCUT2D eigenvalue weighted by Crippen LogP contribution is 2.28. The van der Waals surface area contributed by atoms with Gasteiger partial charge in [-0.2, -0.15) is 0 Å². The van der Waals surface area contributed by atoms with Crippen LogP contribution in [0, 0.1) is 5.82 Å². The van der Waals surface area contributed by atoms with Crippen molar-refractivity contribution in [3.05, 3.63) is 30.1 Å². The molecule has 1 fully saturated rings. The Hall–Kier alpha value is -1.40. The van der Waals surface area contributed by atoms with E-state index < -0.39 is 11.1 Å². The predicted octanol–water partition coefficient (Wildman–Crippen LogP) is 1.11. The highest BCUT2D eigenvalue weighted by Gasteiger charge is 2.39. The maximum atomic E-state index is 12.8. The minimum Gasteiger partial charge on any atom is -0.322 e. The molecule has 0 saturated carbocycles. The Morgan fingerprint density at radius 3 is 2.59 bits per heavy atom. The normalized spacial score (nSPS) is 20.1. The lowest BCUT2D eigenvalue weighted by molar-refractivity contribution is -0.121. The molecule has 2 rings (SSSR count). The summed E-state index contributed by atoms with van der Waals surface area (Å²) in [7, 11) is 0. The molecule has 1 aliphatic heterocycles. The summed E-state index contributed by atoms with van der Waals surface area (Å²) in [5.41, 5.74) is 5.76. The van der Waals surface area contributed by atoms with Crippen molar-refractivity contribution in [2.24, 2.45) is 5.73 Å². The van der Waals surface area contributed by atoms with Crippen molar-refractivity contribution in [3.63, 3.8) is 0 Å². The van der Waals surface area contributed by atoms with Gasteiger partial charge < -0.3 is 5.73 Å². The third-order valence-electron chi connectivity index (χ3n) is 2.49. The van der Waals surface area contributed by atoms with Crippen LogP contribution >= 0.6 is 11.8 Å². The molecule has 1 aliphatic rings. The van der Waals surface area contributed by atoms with Crippen molar-refractivity contribution in [1.29, 1.82) is 0 Å². The Balaban J connectivity index is 2.24. The number of nitrogens with two attached hydrogens (primary N) is 1. The first-order chi connectivity index (χ1) is 8.13. The summed E-state index contributed by atoms with van der Waals surface area (Å²) in [6, 6.07) is 5.28. The third kappa shape index (κ3) is 2.32. The van der Waals surface area contributed by atoms with Gasteiger partial charge in [0.15, 0.2) is 0 Å². The van der Waals surface area contributed by atoms with Gasteiger partial charge in [-0.15, -0.1) is 11.8 Å². The van der Waals surface area contributed by atoms with E-state index in [1.807, 2.05) is 0 Å². The van der Waals surface area contributed by atoms with E-state index in [2.05, 4.69) is 0 Å². The van der Waals surface area contributed by atoms with E-state index in [-0.39, 0.29) is 18.2 Å². The minimum absolute atomic E-state index is 0.151. The van der Waals surface area contributed by atoms with Crippen LogP contribution in [0.2, 0.25) is 0 Å². The monoisotopic (exact) mass is 254 g/mol. The van der Waals surface area contributed by atoms with Crippen LogP contribution in [-0.2, 0) is 9.59 Å². The molecule has 1 unspecified atom stereocenters. The van der Waals surface area contributed by atoms with Crippen LogP contribution in [0.4, 0.5) is 10.1 Å². The first kappa shape index (κ1) is 12.1. The van der Waals surface area contributed by atoms with Crippen molar-refractivity contribution in [2.75, 3.05) is 10.8 Å². The Labute approximate surface area is 102 Å². The van der Waals surface area contributed by atoms with Crippen LogP contribution in [0.5, 0.6) is 0 Å². The summed E-state index contributed by atoms with van der Waals surface area (Å²) < 4.78 is 12.8. The maximum Gasteiger partial charge on any atom is 0.247 e. The second-order valence-corrected chi connectivity index (χ2v) is 4.81. The van der Waals surface area contributed by atoms with Crippen molar-refractivity contribution < 1.29 is 14.0 Å². The second kappa shape index (κ2) is 4.85. The molecule has 0 bridgehead atoms. The van der Waals surface area contributed by atoms with Gasteiger partial charge in [-0.05, 0) is 24.3 Å². The van der Waals surface area contributed by atoms with Gasteiger partial charge in [-0.25, -0.2) is 9.29 Å². The molecule has 0 spiro atoms. The van der Waals surface area contributed by atoms with Crippen LogP contribution in [-0.4, -0.2) is 22.9 Å². The number of benzene rings is 1. The zero-order valence-electron chi connectivity index (χ0n) is 8.93. The highest BCUT2D eigenvalue weighted by atomic mass is 32.2. The number of hydrogen-bond acceptors (Lipinski definition) is 4. The average molecular weight is 254 g/mol. The standard InChI is InChI=1S/C11H11FN2O2S/c12-7-1-3-8(4-2-7)14-10(15)5-9(11(14)16)17-6-13/h1-4,9H,5-6,13H2. The van der Waals surface area contributed by atoms with Crippen molar-refractivity contribution in [2.45, 2.75) is 11.7 Å². The Bertz CT molecular complexity index is 449. The fourth-order valence-corrected chi connectivity index (χ4v) is 2.45. The van der Waals surface area contributed by atoms with E-state index >= 15 is 0 Å². The summed E-state index contributed by atoms with van der Waals surface area (Å²) in [5, 5.41) is -0.419. The number of anilines is 1. The zero-order chi connectivity index (χ0) is 12.4. The molecule has 2 amide bonds. The van der Waals surface area contributed by atoms with Crippen LogP contribution in [0.15, 0.2) is 24.3 Å². The lowest BCUT2D eigenvalue weighted by atomic mass is 10.3. The lowest BCUT2D eigenvalue weighted by Crippen LogP contribution is -2.31. The fourth-order valence-electron chi connectivity index (χ4n) is 1.71. The van der Waals surface area contributed by atoms with Crippen LogP contribution in [0.1, 0.15) is 6.42 Å². The summed E-state index contributed by atoms with van der Waals surface area (Å²) in [6.45, 7) is 0. The maximum absolute atomic E-state index is 12.8. The number of carbonyl (C=O) groups is 2. The molecular formula is C11H11FN2O2S. The molecule has 1 aromatic rings. The van der Waals surface area contributed by atoms with E-state index in [9.17, 15) is 14.0 Å². The molecule has 6 heteroatoms. The Morgan fingerprint density at radius 2 is 2.00 bits per heavy atom. The second-order valence-electron chi connectivity index (χ2n) is 3.57. The Morgan fingerprint density at radius 1 is 1.35 bits per heavy atom. The topological polar surface area (TPSA) is 63.4 Å². The third-order valence-corrected chi connectivity index (χ3v) is 3.45. The van der Waals surface area contributed by atoms with Crippen molar-refractivity contribution in [1.82, 2.24) is 0 Å². The first-order valence-corrected chi connectivity index (χ1v) is 6.12. The first-order valence-electron chi connectivity index (χ1n) is 5.07. The molecular weight excluding hydrogens is 243 g/mol. The largest absolute Gasteiger partial charge is 0.322 e. The van der Waals surface area contributed by atoms with Crippen molar-refractivity contribution >= 4 is 29.3 Å². The van der Waals surface area contributed by atoms with Gasteiger partial charge >= 0.3 is 0 Å². The number of nitrogens with zero attached hydrogens (tertiary/aromatic N) is 1. The molecule has 17 heavy (non-hydrogen) atoms. The summed E-state index contributed by atoms with van der Waals surface area (Å²) in [6.07, 6.45) is 0.151. The van der Waals surface area contributed by atoms with Gasteiger partial charge in [-0.3, -0.25) is 9.59 Å². The van der Waals surface area contributed by atoms with Crippen LogP contribution in [0.25, 0.3) is 0 Å². The molecule has 90 valence electrons. The van der Waals surface area contributed by atoms with Crippen molar-refractivity contribution in [3.8, 4) is 0 Å². The number of halogens is 1. The molecule has 1 atom stereocenters. The number of amides is 2. The predicted molar refractivity (Wildman–Crippen MR) is 63.9 cm³/mol. The van der Waals surface area contributed by atoms with Gasteiger partial charge in [0, 0.05) is 12.3 Å². The Kier molecular flexibility index (Phi) is 3.44. The fraction of sp³-hybridized carbons (Fsp3) is 0.273. The minimum atomic E-state index is -0.419. The van der Waals surface area contributed by atoms with E-state index in [0.29, 0.717) is 11.6 Å². The molecule has 0 aliphatic carbocycles. The van der Waals surface area contributed by atoms with Crippen LogP contribution < -0.4 is 10.6 Å². The van der Waals surface area contributed by atoms with Gasteiger partial charge in [-0.1, -0.05) is 0 Å². The summed E-state index contributed by atoms with van der Waals surface area (Å²) >= 11 is 1.24. The summed E-state index contributed by atoms with van der Waals surface area (Å²) in [5.74, 6) is -0.661.